The molecule has 2 aromatic rings. The summed E-state index contributed by atoms with van der Waals surface area (Å²) in [5.41, 5.74) is -0.103. The SMILES string of the molecule is CN(C)C(=O)C1CCC(NC(=O)c2cc3c(F)cc(Cl)cc3[nH]2)C(NC(=O)OC(C)(C)C)C1. The molecule has 1 heterocycles. The molecule has 0 bridgehead atoms. The molecule has 8 nitrogen and oxygen atoms in total. The van der Waals surface area contributed by atoms with Gasteiger partial charge in [-0.2, -0.15) is 0 Å². The largest absolute Gasteiger partial charge is 0.444 e. The number of fused-ring (bicyclic) bond motifs is 1. The molecule has 3 atom stereocenters. The maximum Gasteiger partial charge on any atom is 0.407 e. The Kier molecular flexibility index (Phi) is 7.21. The van der Waals surface area contributed by atoms with Crippen molar-refractivity contribution in [1.82, 2.24) is 20.5 Å². The lowest BCUT2D eigenvalue weighted by Crippen LogP contribution is -2.56. The highest BCUT2D eigenvalue weighted by molar-refractivity contribution is 6.31. The molecule has 1 fully saturated rings. The summed E-state index contributed by atoms with van der Waals surface area (Å²) in [6, 6.07) is 3.21. The smallest absolute Gasteiger partial charge is 0.407 e. The van der Waals surface area contributed by atoms with Gasteiger partial charge in [0.05, 0.1) is 11.6 Å². The highest BCUT2D eigenvalue weighted by atomic mass is 35.5. The van der Waals surface area contributed by atoms with Crippen molar-refractivity contribution in [2.24, 2.45) is 5.92 Å². The third kappa shape index (κ3) is 6.16. The maximum absolute atomic E-state index is 14.2. The number of alkyl carbamates (subject to hydrolysis) is 1. The molecule has 0 spiro atoms. The van der Waals surface area contributed by atoms with Gasteiger partial charge in [0.1, 0.15) is 17.1 Å². The summed E-state index contributed by atoms with van der Waals surface area (Å²) in [6.07, 6.45) is 0.785. The second kappa shape index (κ2) is 9.59. The predicted octanol–water partition coefficient (Wildman–Crippen LogP) is 3.84. The summed E-state index contributed by atoms with van der Waals surface area (Å²) < 4.78 is 19.5. The normalized spacial score (nSPS) is 20.9. The van der Waals surface area contributed by atoms with Crippen LogP contribution in [0.1, 0.15) is 50.5 Å². The number of H-pyrrole nitrogens is 1. The molecule has 1 aromatic heterocycles. The van der Waals surface area contributed by atoms with Crippen LogP contribution < -0.4 is 10.6 Å². The summed E-state index contributed by atoms with van der Waals surface area (Å²) in [5, 5.41) is 6.21. The number of rotatable bonds is 4. The second-order valence-corrected chi connectivity index (χ2v) is 10.0. The Labute approximate surface area is 197 Å². The van der Waals surface area contributed by atoms with Gasteiger partial charge in [0, 0.05) is 36.5 Å². The van der Waals surface area contributed by atoms with Gasteiger partial charge in [-0.05, 0) is 58.2 Å². The first kappa shape index (κ1) is 24.8. The van der Waals surface area contributed by atoms with Crippen molar-refractivity contribution in [1.29, 1.82) is 0 Å². The third-order valence-electron chi connectivity index (χ3n) is 5.56. The van der Waals surface area contributed by atoms with Gasteiger partial charge in [-0.15, -0.1) is 0 Å². The summed E-state index contributed by atoms with van der Waals surface area (Å²) >= 11 is 5.90. The number of aromatic amines is 1. The van der Waals surface area contributed by atoms with Crippen LogP contribution in [0.5, 0.6) is 0 Å². The minimum atomic E-state index is -0.688. The lowest BCUT2D eigenvalue weighted by molar-refractivity contribution is -0.134. The molecule has 1 aromatic carbocycles. The van der Waals surface area contributed by atoms with Crippen molar-refractivity contribution in [2.75, 3.05) is 14.1 Å². The van der Waals surface area contributed by atoms with Gasteiger partial charge >= 0.3 is 6.09 Å². The number of ether oxygens (including phenoxy) is 1. The zero-order chi connectivity index (χ0) is 24.5. The number of amides is 3. The standard InChI is InChI=1S/C23H30ClFN4O4/c1-23(2,3)33-22(32)28-18-8-12(21(31)29(4)5)6-7-16(18)27-20(30)19-11-14-15(25)9-13(24)10-17(14)26-19/h9-12,16,18,26H,6-8H2,1-5H3,(H,27,30)(H,28,32). The van der Waals surface area contributed by atoms with E-state index in [0.29, 0.717) is 24.8 Å². The highest BCUT2D eigenvalue weighted by Gasteiger charge is 2.37. The first-order chi connectivity index (χ1) is 15.3. The Morgan fingerprint density at radius 3 is 2.45 bits per heavy atom. The lowest BCUT2D eigenvalue weighted by Gasteiger charge is -2.37. The molecule has 10 heteroatoms. The van der Waals surface area contributed by atoms with Crippen LogP contribution in [0.4, 0.5) is 9.18 Å². The summed E-state index contributed by atoms with van der Waals surface area (Å²) in [5.74, 6) is -1.28. The van der Waals surface area contributed by atoms with Crippen molar-refractivity contribution in [3.8, 4) is 0 Å². The predicted molar refractivity (Wildman–Crippen MR) is 124 cm³/mol. The number of nitrogens with zero attached hydrogens (tertiary/aromatic N) is 1. The fourth-order valence-electron chi connectivity index (χ4n) is 4.08. The van der Waals surface area contributed by atoms with Gasteiger partial charge in [-0.3, -0.25) is 9.59 Å². The van der Waals surface area contributed by atoms with Gasteiger partial charge in [0.15, 0.2) is 0 Å². The Hall–Kier alpha value is -2.81. The number of halogens is 2. The Bertz CT molecular complexity index is 1060. The Morgan fingerprint density at radius 2 is 1.82 bits per heavy atom. The van der Waals surface area contributed by atoms with Crippen molar-refractivity contribution < 1.29 is 23.5 Å². The molecular weight excluding hydrogens is 451 g/mol. The van der Waals surface area contributed by atoms with E-state index in [1.807, 2.05) is 0 Å². The zero-order valence-corrected chi connectivity index (χ0v) is 20.2. The Morgan fingerprint density at radius 1 is 1.12 bits per heavy atom. The lowest BCUT2D eigenvalue weighted by atomic mass is 9.81. The van der Waals surface area contributed by atoms with Crippen molar-refractivity contribution in [3.05, 3.63) is 34.7 Å². The van der Waals surface area contributed by atoms with E-state index in [0.717, 1.165) is 0 Å². The quantitative estimate of drug-likeness (QED) is 0.618. The van der Waals surface area contributed by atoms with Crippen molar-refractivity contribution in [2.45, 2.75) is 57.7 Å². The van der Waals surface area contributed by atoms with Crippen LogP contribution in [0.25, 0.3) is 10.9 Å². The Balaban J connectivity index is 1.78. The number of carbonyl (C=O) groups excluding carboxylic acids is 3. The molecule has 3 rings (SSSR count). The molecule has 0 aliphatic heterocycles. The summed E-state index contributed by atoms with van der Waals surface area (Å²) in [4.78, 5) is 42.3. The number of hydrogen-bond acceptors (Lipinski definition) is 4. The van der Waals surface area contributed by atoms with E-state index < -0.39 is 35.5 Å². The van der Waals surface area contributed by atoms with Crippen LogP contribution in [-0.4, -0.2) is 59.6 Å². The van der Waals surface area contributed by atoms with Crippen LogP contribution in [0.15, 0.2) is 18.2 Å². The van der Waals surface area contributed by atoms with Gasteiger partial charge < -0.3 is 25.3 Å². The van der Waals surface area contributed by atoms with Gasteiger partial charge in [-0.25, -0.2) is 9.18 Å². The number of benzene rings is 1. The minimum absolute atomic E-state index is 0.0289. The van der Waals surface area contributed by atoms with Gasteiger partial charge in [0.25, 0.3) is 5.91 Å². The molecule has 33 heavy (non-hydrogen) atoms. The topological polar surface area (TPSA) is 104 Å². The molecule has 3 N–H and O–H groups in total. The highest BCUT2D eigenvalue weighted by Crippen LogP contribution is 2.28. The van der Waals surface area contributed by atoms with E-state index in [9.17, 15) is 18.8 Å². The van der Waals surface area contributed by atoms with Crippen LogP contribution >= 0.6 is 11.6 Å². The van der Waals surface area contributed by atoms with E-state index in [2.05, 4.69) is 15.6 Å². The van der Waals surface area contributed by atoms with Gasteiger partial charge in [-0.1, -0.05) is 11.6 Å². The van der Waals surface area contributed by atoms with E-state index in [-0.39, 0.29) is 27.9 Å². The van der Waals surface area contributed by atoms with Crippen molar-refractivity contribution in [3.63, 3.8) is 0 Å². The van der Waals surface area contributed by atoms with E-state index in [4.69, 9.17) is 16.3 Å². The van der Waals surface area contributed by atoms with Crippen LogP contribution in [0.2, 0.25) is 5.02 Å². The summed E-state index contributed by atoms with van der Waals surface area (Å²) in [6.45, 7) is 5.27. The van der Waals surface area contributed by atoms with Crippen LogP contribution in [0.3, 0.4) is 0 Å². The molecule has 1 aliphatic carbocycles. The average molecular weight is 481 g/mol. The molecule has 3 unspecified atom stereocenters. The fourth-order valence-corrected chi connectivity index (χ4v) is 4.28. The fraction of sp³-hybridized carbons (Fsp3) is 0.522. The third-order valence-corrected chi connectivity index (χ3v) is 5.77. The van der Waals surface area contributed by atoms with Crippen LogP contribution in [-0.2, 0) is 9.53 Å². The number of aromatic nitrogens is 1. The maximum atomic E-state index is 14.2. The molecule has 180 valence electrons. The molecule has 1 saturated carbocycles. The molecular formula is C23H30ClFN4O4. The summed E-state index contributed by atoms with van der Waals surface area (Å²) in [7, 11) is 3.38. The first-order valence-electron chi connectivity index (χ1n) is 10.8. The van der Waals surface area contributed by atoms with Crippen LogP contribution in [0, 0.1) is 11.7 Å². The monoisotopic (exact) mass is 480 g/mol. The first-order valence-corrected chi connectivity index (χ1v) is 11.2. The van der Waals surface area contributed by atoms with E-state index in [1.54, 1.807) is 40.9 Å². The number of hydrogen-bond donors (Lipinski definition) is 3. The average Bonchev–Trinajstić information content (AvgIpc) is 3.11. The van der Waals surface area contributed by atoms with Gasteiger partial charge in [0.2, 0.25) is 5.91 Å². The van der Waals surface area contributed by atoms with Crippen molar-refractivity contribution >= 4 is 40.4 Å². The zero-order valence-electron chi connectivity index (χ0n) is 19.4. The second-order valence-electron chi connectivity index (χ2n) is 9.61. The molecule has 1 aliphatic rings. The molecule has 0 saturated heterocycles. The van der Waals surface area contributed by atoms with E-state index in [1.165, 1.54) is 17.0 Å². The molecule has 0 radical (unpaired) electrons. The number of carbonyl (C=O) groups is 3. The minimum Gasteiger partial charge on any atom is -0.444 e. The number of nitrogens with one attached hydrogen (secondary N) is 3. The van der Waals surface area contributed by atoms with E-state index >= 15 is 0 Å². The molecule has 3 amide bonds.